The summed E-state index contributed by atoms with van der Waals surface area (Å²) >= 11 is 5.61. The van der Waals surface area contributed by atoms with Crippen LogP contribution in [0.25, 0.3) is 0 Å². The summed E-state index contributed by atoms with van der Waals surface area (Å²) in [7, 11) is 0. The molecule has 0 aliphatic heterocycles. The van der Waals surface area contributed by atoms with Crippen LogP contribution in [0.3, 0.4) is 0 Å². The number of nitrogens with one attached hydrogen (secondary N) is 1. The molecule has 1 aromatic heterocycles. The highest BCUT2D eigenvalue weighted by Gasteiger charge is 2.27. The van der Waals surface area contributed by atoms with Crippen LogP contribution in [0.2, 0.25) is 5.15 Å². The molecule has 0 saturated carbocycles. The van der Waals surface area contributed by atoms with Crippen molar-refractivity contribution in [1.82, 2.24) is 4.98 Å². The van der Waals surface area contributed by atoms with E-state index in [1.807, 2.05) is 0 Å². The summed E-state index contributed by atoms with van der Waals surface area (Å²) < 4.78 is 39.5. The maximum Gasteiger partial charge on any atom is 0.411 e. The Labute approximate surface area is 95.6 Å². The molecule has 3 nitrogen and oxygen atoms in total. The van der Waals surface area contributed by atoms with Crippen LogP contribution in [0.15, 0.2) is 18.2 Å². The third-order valence-electron chi connectivity index (χ3n) is 1.53. The highest BCUT2D eigenvalue weighted by atomic mass is 35.5. The zero-order chi connectivity index (χ0) is 12.0. The van der Waals surface area contributed by atoms with Gasteiger partial charge in [-0.25, -0.2) is 4.98 Å². The second-order valence-electron chi connectivity index (χ2n) is 2.94. The molecule has 0 unspecified atom stereocenters. The van der Waals surface area contributed by atoms with Gasteiger partial charge < -0.3 is 10.1 Å². The van der Waals surface area contributed by atoms with Crippen LogP contribution in [0.1, 0.15) is 0 Å². The zero-order valence-corrected chi connectivity index (χ0v) is 8.98. The average molecular weight is 255 g/mol. The minimum Gasteiger partial charge on any atom is -0.370 e. The van der Waals surface area contributed by atoms with Crippen molar-refractivity contribution in [1.29, 1.82) is 0 Å². The SMILES string of the molecule is FC(F)(F)COCCNc1cccc(Cl)n1. The molecular formula is C9H10ClF3N2O. The van der Waals surface area contributed by atoms with Crippen LogP contribution in [0.5, 0.6) is 0 Å². The van der Waals surface area contributed by atoms with Crippen molar-refractivity contribution in [2.75, 3.05) is 25.1 Å². The van der Waals surface area contributed by atoms with E-state index < -0.39 is 12.8 Å². The number of hydrogen-bond donors (Lipinski definition) is 1. The van der Waals surface area contributed by atoms with Gasteiger partial charge in [0.1, 0.15) is 17.6 Å². The number of anilines is 1. The Morgan fingerprint density at radius 3 is 2.75 bits per heavy atom. The third kappa shape index (κ3) is 5.77. The van der Waals surface area contributed by atoms with Gasteiger partial charge in [-0.2, -0.15) is 13.2 Å². The lowest BCUT2D eigenvalue weighted by Crippen LogP contribution is -2.20. The molecule has 16 heavy (non-hydrogen) atoms. The summed E-state index contributed by atoms with van der Waals surface area (Å²) in [6.45, 7) is -1.05. The normalized spacial score (nSPS) is 11.5. The highest BCUT2D eigenvalue weighted by molar-refractivity contribution is 6.29. The minimum absolute atomic E-state index is 0.0479. The topological polar surface area (TPSA) is 34.1 Å². The number of aromatic nitrogens is 1. The lowest BCUT2D eigenvalue weighted by molar-refractivity contribution is -0.172. The number of hydrogen-bond acceptors (Lipinski definition) is 3. The molecule has 1 heterocycles. The molecule has 0 atom stereocenters. The van der Waals surface area contributed by atoms with Crippen LogP contribution in [-0.4, -0.2) is 30.9 Å². The minimum atomic E-state index is -4.28. The zero-order valence-electron chi connectivity index (χ0n) is 8.22. The lowest BCUT2D eigenvalue weighted by atomic mass is 10.4. The summed E-state index contributed by atoms with van der Waals surface area (Å²) in [5.41, 5.74) is 0. The van der Waals surface area contributed by atoms with Gasteiger partial charge in [-0.05, 0) is 12.1 Å². The van der Waals surface area contributed by atoms with Crippen LogP contribution in [0, 0.1) is 0 Å². The summed E-state index contributed by atoms with van der Waals surface area (Å²) in [5, 5.41) is 3.10. The molecule has 0 saturated heterocycles. The van der Waals surface area contributed by atoms with Gasteiger partial charge in [-0.3, -0.25) is 0 Å². The van der Waals surface area contributed by atoms with Gasteiger partial charge in [-0.1, -0.05) is 17.7 Å². The van der Waals surface area contributed by atoms with Gasteiger partial charge in [-0.15, -0.1) is 0 Å². The average Bonchev–Trinajstić information content (AvgIpc) is 2.15. The lowest BCUT2D eigenvalue weighted by Gasteiger charge is -2.08. The number of alkyl halides is 3. The monoisotopic (exact) mass is 254 g/mol. The maximum atomic E-state index is 11.7. The van der Waals surface area contributed by atoms with E-state index in [1.165, 1.54) is 0 Å². The van der Waals surface area contributed by atoms with E-state index in [4.69, 9.17) is 11.6 Å². The van der Waals surface area contributed by atoms with Gasteiger partial charge in [0.25, 0.3) is 0 Å². The Balaban J connectivity index is 2.17. The van der Waals surface area contributed by atoms with Crippen LogP contribution >= 0.6 is 11.6 Å². The molecule has 0 fully saturated rings. The first-order chi connectivity index (χ1) is 7.47. The van der Waals surface area contributed by atoms with Crippen LogP contribution in [-0.2, 0) is 4.74 Å². The fraction of sp³-hybridized carbons (Fsp3) is 0.444. The predicted molar refractivity (Wildman–Crippen MR) is 54.6 cm³/mol. The van der Waals surface area contributed by atoms with E-state index in [2.05, 4.69) is 15.0 Å². The molecule has 0 radical (unpaired) electrons. The fourth-order valence-corrected chi connectivity index (χ4v) is 1.11. The van der Waals surface area contributed by atoms with Crippen molar-refractivity contribution in [3.05, 3.63) is 23.4 Å². The van der Waals surface area contributed by atoms with Gasteiger partial charge >= 0.3 is 6.18 Å². The second kappa shape index (κ2) is 5.91. The molecule has 1 N–H and O–H groups in total. The van der Waals surface area contributed by atoms with E-state index in [9.17, 15) is 13.2 Å². The first-order valence-electron chi connectivity index (χ1n) is 4.48. The van der Waals surface area contributed by atoms with Gasteiger partial charge in [0.05, 0.1) is 6.61 Å². The molecule has 0 aliphatic carbocycles. The summed E-state index contributed by atoms with van der Waals surface area (Å²) in [6, 6.07) is 4.96. The van der Waals surface area contributed by atoms with Crippen molar-refractivity contribution in [3.63, 3.8) is 0 Å². The van der Waals surface area contributed by atoms with E-state index in [0.717, 1.165) is 0 Å². The van der Waals surface area contributed by atoms with Crippen LogP contribution in [0.4, 0.5) is 19.0 Å². The van der Waals surface area contributed by atoms with Crippen molar-refractivity contribution in [2.24, 2.45) is 0 Å². The summed E-state index contributed by atoms with van der Waals surface area (Å²) in [5.74, 6) is 0.503. The third-order valence-corrected chi connectivity index (χ3v) is 1.74. The largest absolute Gasteiger partial charge is 0.411 e. The maximum absolute atomic E-state index is 11.7. The van der Waals surface area contributed by atoms with Gasteiger partial charge in [0, 0.05) is 6.54 Å². The number of rotatable bonds is 5. The molecule has 0 aromatic carbocycles. The molecule has 90 valence electrons. The molecule has 1 rings (SSSR count). The Morgan fingerprint density at radius 2 is 2.12 bits per heavy atom. The Morgan fingerprint density at radius 1 is 1.38 bits per heavy atom. The van der Waals surface area contributed by atoms with Crippen molar-refractivity contribution in [3.8, 4) is 0 Å². The van der Waals surface area contributed by atoms with Crippen molar-refractivity contribution in [2.45, 2.75) is 6.18 Å². The Kier molecular flexibility index (Phi) is 4.82. The molecule has 7 heteroatoms. The molecular weight excluding hydrogens is 245 g/mol. The second-order valence-corrected chi connectivity index (χ2v) is 3.33. The van der Waals surface area contributed by atoms with E-state index in [1.54, 1.807) is 18.2 Å². The van der Waals surface area contributed by atoms with Gasteiger partial charge in [0.2, 0.25) is 0 Å². The number of ether oxygens (including phenoxy) is 1. The Bertz CT molecular complexity index is 333. The number of nitrogens with zero attached hydrogens (tertiary/aromatic N) is 1. The highest BCUT2D eigenvalue weighted by Crippen LogP contribution is 2.14. The summed E-state index contributed by atoms with van der Waals surface area (Å²) in [6.07, 6.45) is -4.28. The molecule has 1 aromatic rings. The summed E-state index contributed by atoms with van der Waals surface area (Å²) in [4.78, 5) is 3.90. The van der Waals surface area contributed by atoms with Crippen LogP contribution < -0.4 is 5.32 Å². The molecule has 0 aliphatic rings. The van der Waals surface area contributed by atoms with Crippen molar-refractivity contribution >= 4 is 17.4 Å². The standard InChI is InChI=1S/C9H10ClF3N2O/c10-7-2-1-3-8(15-7)14-4-5-16-6-9(11,12)13/h1-3H,4-6H2,(H,14,15). The first kappa shape index (κ1) is 13.1. The van der Waals surface area contributed by atoms with Gasteiger partial charge in [0.15, 0.2) is 0 Å². The molecule has 0 bridgehead atoms. The first-order valence-corrected chi connectivity index (χ1v) is 4.86. The molecule has 0 amide bonds. The number of halogens is 4. The van der Waals surface area contributed by atoms with E-state index in [-0.39, 0.29) is 13.2 Å². The van der Waals surface area contributed by atoms with E-state index in [0.29, 0.717) is 11.0 Å². The quantitative estimate of drug-likeness (QED) is 0.648. The fourth-order valence-electron chi connectivity index (χ4n) is 0.946. The number of pyridine rings is 1. The smallest absolute Gasteiger partial charge is 0.370 e. The Hall–Kier alpha value is -1.01. The molecule has 0 spiro atoms. The van der Waals surface area contributed by atoms with E-state index >= 15 is 0 Å². The predicted octanol–water partition coefficient (Wildman–Crippen LogP) is 2.73. The van der Waals surface area contributed by atoms with Crippen molar-refractivity contribution < 1.29 is 17.9 Å².